The Morgan fingerprint density at radius 1 is 1.82 bits per heavy atom. The van der Waals surface area contributed by atoms with E-state index in [2.05, 4.69) is 11.9 Å². The summed E-state index contributed by atoms with van der Waals surface area (Å²) in [6.45, 7) is 3.64. The lowest BCUT2D eigenvalue weighted by atomic mass is 9.96. The molecule has 0 aromatic heterocycles. The lowest BCUT2D eigenvalue weighted by Gasteiger charge is -2.21. The third-order valence-corrected chi connectivity index (χ3v) is 2.24. The van der Waals surface area contributed by atoms with Crippen LogP contribution in [0.15, 0.2) is 12.7 Å². The first kappa shape index (κ1) is 8.40. The molecule has 0 aliphatic carbocycles. The van der Waals surface area contributed by atoms with Gasteiger partial charge in [0, 0.05) is 12.3 Å². The summed E-state index contributed by atoms with van der Waals surface area (Å²) < 4.78 is 0. The molecular formula is C8H11NOS. The third-order valence-electron chi connectivity index (χ3n) is 1.80. The van der Waals surface area contributed by atoms with Gasteiger partial charge in [-0.2, -0.15) is 0 Å². The van der Waals surface area contributed by atoms with Gasteiger partial charge >= 0.3 is 0 Å². The maximum atomic E-state index is 10.8. The molecule has 1 rings (SSSR count). The predicted octanol–water partition coefficient (Wildman–Crippen LogP) is 1.42. The average molecular weight is 169 g/mol. The number of rotatable bonds is 2. The van der Waals surface area contributed by atoms with Gasteiger partial charge in [0.1, 0.15) is 0 Å². The summed E-state index contributed by atoms with van der Waals surface area (Å²) >= 11 is 4.99. The molecular weight excluding hydrogens is 158 g/mol. The SMILES string of the molecule is C=CCC1CCC(=O)NC1=S. The van der Waals surface area contributed by atoms with Crippen molar-refractivity contribution >= 4 is 23.1 Å². The van der Waals surface area contributed by atoms with Crippen molar-refractivity contribution in [2.45, 2.75) is 19.3 Å². The first-order valence-corrected chi connectivity index (χ1v) is 4.09. The molecule has 1 saturated heterocycles. The maximum absolute atomic E-state index is 10.8. The number of nitrogens with one attached hydrogen (secondary N) is 1. The Labute approximate surface area is 71.7 Å². The quantitative estimate of drug-likeness (QED) is 0.500. The van der Waals surface area contributed by atoms with Crippen LogP contribution in [0.4, 0.5) is 0 Å². The van der Waals surface area contributed by atoms with Crippen LogP contribution >= 0.6 is 12.2 Å². The molecule has 2 nitrogen and oxygen atoms in total. The van der Waals surface area contributed by atoms with Crippen LogP contribution < -0.4 is 5.32 Å². The Morgan fingerprint density at radius 3 is 3.09 bits per heavy atom. The fourth-order valence-corrected chi connectivity index (χ4v) is 1.49. The zero-order valence-electron chi connectivity index (χ0n) is 6.30. The highest BCUT2D eigenvalue weighted by atomic mass is 32.1. The second kappa shape index (κ2) is 3.62. The molecule has 0 saturated carbocycles. The molecule has 1 aliphatic heterocycles. The Balaban J connectivity index is 2.50. The largest absolute Gasteiger partial charge is 0.320 e. The van der Waals surface area contributed by atoms with E-state index in [1.807, 2.05) is 6.08 Å². The minimum atomic E-state index is 0.0512. The minimum Gasteiger partial charge on any atom is -0.320 e. The molecule has 1 atom stereocenters. The van der Waals surface area contributed by atoms with Gasteiger partial charge in [-0.05, 0) is 12.8 Å². The third kappa shape index (κ3) is 2.12. The first-order chi connectivity index (χ1) is 5.24. The normalized spacial score (nSPS) is 24.5. The van der Waals surface area contributed by atoms with E-state index in [1.54, 1.807) is 0 Å². The second-order valence-electron chi connectivity index (χ2n) is 2.67. The van der Waals surface area contributed by atoms with Crippen LogP contribution in [-0.2, 0) is 4.79 Å². The zero-order chi connectivity index (χ0) is 8.27. The van der Waals surface area contributed by atoms with Gasteiger partial charge in [0.25, 0.3) is 0 Å². The number of allylic oxidation sites excluding steroid dienone is 1. The first-order valence-electron chi connectivity index (χ1n) is 3.68. The van der Waals surface area contributed by atoms with Crippen LogP contribution in [0.25, 0.3) is 0 Å². The van der Waals surface area contributed by atoms with Crippen molar-refractivity contribution in [2.24, 2.45) is 5.92 Å². The van der Waals surface area contributed by atoms with E-state index < -0.39 is 0 Å². The Hall–Kier alpha value is -0.700. The number of thiocarbonyl (C=S) groups is 1. The molecule has 1 unspecified atom stereocenters. The van der Waals surface area contributed by atoms with Gasteiger partial charge in [-0.25, -0.2) is 0 Å². The fraction of sp³-hybridized carbons (Fsp3) is 0.500. The summed E-state index contributed by atoms with van der Waals surface area (Å²) in [5.74, 6) is 0.385. The lowest BCUT2D eigenvalue weighted by molar-refractivity contribution is -0.120. The maximum Gasteiger partial charge on any atom is 0.224 e. The van der Waals surface area contributed by atoms with Crippen LogP contribution in [0.5, 0.6) is 0 Å². The van der Waals surface area contributed by atoms with Crippen molar-refractivity contribution in [1.82, 2.24) is 5.32 Å². The van der Waals surface area contributed by atoms with Gasteiger partial charge < -0.3 is 5.32 Å². The fourth-order valence-electron chi connectivity index (χ4n) is 1.16. The molecule has 1 fully saturated rings. The molecule has 0 aromatic rings. The molecule has 0 radical (unpaired) electrons. The molecule has 0 spiro atoms. The van der Waals surface area contributed by atoms with E-state index in [1.165, 1.54) is 0 Å². The topological polar surface area (TPSA) is 29.1 Å². The van der Waals surface area contributed by atoms with Crippen molar-refractivity contribution in [2.75, 3.05) is 0 Å². The van der Waals surface area contributed by atoms with E-state index >= 15 is 0 Å². The number of hydrogen-bond acceptors (Lipinski definition) is 2. The Bertz CT molecular complexity index is 200. The van der Waals surface area contributed by atoms with E-state index in [9.17, 15) is 4.79 Å². The molecule has 11 heavy (non-hydrogen) atoms. The van der Waals surface area contributed by atoms with Gasteiger partial charge in [0.05, 0.1) is 4.99 Å². The number of carbonyl (C=O) groups is 1. The summed E-state index contributed by atoms with van der Waals surface area (Å²) in [5, 5.41) is 2.66. The molecule has 1 aliphatic rings. The molecule has 60 valence electrons. The van der Waals surface area contributed by atoms with E-state index in [-0.39, 0.29) is 5.91 Å². The highest BCUT2D eigenvalue weighted by molar-refractivity contribution is 7.80. The molecule has 0 bridgehead atoms. The van der Waals surface area contributed by atoms with Gasteiger partial charge in [0.2, 0.25) is 5.91 Å². The number of hydrogen-bond donors (Lipinski definition) is 1. The zero-order valence-corrected chi connectivity index (χ0v) is 7.12. The molecule has 1 N–H and O–H groups in total. The smallest absolute Gasteiger partial charge is 0.224 e. The second-order valence-corrected chi connectivity index (χ2v) is 3.11. The number of amides is 1. The molecule has 1 amide bonds. The number of piperidine rings is 1. The van der Waals surface area contributed by atoms with Crippen LogP contribution in [0, 0.1) is 5.92 Å². The minimum absolute atomic E-state index is 0.0512. The summed E-state index contributed by atoms with van der Waals surface area (Å²) in [6, 6.07) is 0. The molecule has 0 aromatic carbocycles. The average Bonchev–Trinajstić information content (AvgIpc) is 1.95. The highest BCUT2D eigenvalue weighted by Crippen LogP contribution is 2.16. The van der Waals surface area contributed by atoms with Crippen LogP contribution in [0.2, 0.25) is 0 Å². The lowest BCUT2D eigenvalue weighted by Crippen LogP contribution is -2.39. The molecule has 1 heterocycles. The van der Waals surface area contributed by atoms with E-state index in [4.69, 9.17) is 12.2 Å². The van der Waals surface area contributed by atoms with Gasteiger partial charge in [-0.1, -0.05) is 18.3 Å². The molecule has 3 heteroatoms. The van der Waals surface area contributed by atoms with E-state index in [0.29, 0.717) is 17.3 Å². The van der Waals surface area contributed by atoms with Crippen molar-refractivity contribution < 1.29 is 4.79 Å². The van der Waals surface area contributed by atoms with Gasteiger partial charge in [-0.3, -0.25) is 4.79 Å². The standard InChI is InChI=1S/C8H11NOS/c1-2-3-6-4-5-7(10)9-8(6)11/h2,6H,1,3-5H2,(H,9,10,11). The summed E-state index contributed by atoms with van der Waals surface area (Å²) in [5.41, 5.74) is 0. The van der Waals surface area contributed by atoms with Crippen LogP contribution in [0.3, 0.4) is 0 Å². The Kier molecular flexibility index (Phi) is 2.76. The van der Waals surface area contributed by atoms with Crippen molar-refractivity contribution in [3.05, 3.63) is 12.7 Å². The van der Waals surface area contributed by atoms with Crippen molar-refractivity contribution in [3.8, 4) is 0 Å². The van der Waals surface area contributed by atoms with Crippen molar-refractivity contribution in [1.29, 1.82) is 0 Å². The van der Waals surface area contributed by atoms with Gasteiger partial charge in [-0.15, -0.1) is 6.58 Å². The van der Waals surface area contributed by atoms with Crippen LogP contribution in [0.1, 0.15) is 19.3 Å². The Morgan fingerprint density at radius 2 is 2.55 bits per heavy atom. The van der Waals surface area contributed by atoms with E-state index in [0.717, 1.165) is 12.8 Å². The highest BCUT2D eigenvalue weighted by Gasteiger charge is 2.21. The predicted molar refractivity (Wildman–Crippen MR) is 48.3 cm³/mol. The van der Waals surface area contributed by atoms with Crippen molar-refractivity contribution in [3.63, 3.8) is 0 Å². The monoisotopic (exact) mass is 169 g/mol. The summed E-state index contributed by atoms with van der Waals surface area (Å²) in [4.78, 5) is 11.5. The summed E-state index contributed by atoms with van der Waals surface area (Å²) in [6.07, 6.45) is 4.18. The van der Waals surface area contributed by atoms with Crippen LogP contribution in [-0.4, -0.2) is 10.9 Å². The van der Waals surface area contributed by atoms with Gasteiger partial charge in [0.15, 0.2) is 0 Å². The number of carbonyl (C=O) groups excluding carboxylic acids is 1. The summed E-state index contributed by atoms with van der Waals surface area (Å²) in [7, 11) is 0.